The minimum Gasteiger partial charge on any atom is -0.490 e. The summed E-state index contributed by atoms with van der Waals surface area (Å²) >= 11 is 6.25. The third kappa shape index (κ3) is 2.83. The Balaban J connectivity index is 1.63. The van der Waals surface area contributed by atoms with Crippen LogP contribution in [0.2, 0.25) is 5.02 Å². The van der Waals surface area contributed by atoms with Crippen LogP contribution < -0.4 is 9.47 Å². The zero-order chi connectivity index (χ0) is 19.1. The fourth-order valence-corrected chi connectivity index (χ4v) is 4.02. The minimum atomic E-state index is -0.398. The third-order valence-electron chi connectivity index (χ3n) is 5.02. The van der Waals surface area contributed by atoms with E-state index in [2.05, 4.69) is 6.07 Å². The van der Waals surface area contributed by atoms with Crippen LogP contribution in [0.1, 0.15) is 42.5 Å². The average Bonchev–Trinajstić information content (AvgIpc) is 3.38. The molecule has 2 aromatic carbocycles. The van der Waals surface area contributed by atoms with E-state index in [-0.39, 0.29) is 6.04 Å². The van der Waals surface area contributed by atoms with E-state index in [4.69, 9.17) is 30.6 Å². The van der Waals surface area contributed by atoms with Crippen LogP contribution in [0.5, 0.6) is 11.5 Å². The molecule has 2 atom stereocenters. The van der Waals surface area contributed by atoms with E-state index in [0.29, 0.717) is 11.6 Å². The van der Waals surface area contributed by atoms with Crippen molar-refractivity contribution >= 4 is 17.3 Å². The summed E-state index contributed by atoms with van der Waals surface area (Å²) in [5.41, 5.74) is 2.91. The molecule has 0 aliphatic carbocycles. The van der Waals surface area contributed by atoms with Gasteiger partial charge in [0.05, 0.1) is 18.9 Å². The predicted molar refractivity (Wildman–Crippen MR) is 107 cm³/mol. The Morgan fingerprint density at radius 2 is 2.07 bits per heavy atom. The number of rotatable bonds is 4. The van der Waals surface area contributed by atoms with E-state index >= 15 is 0 Å². The number of halogens is 1. The smallest absolute Gasteiger partial charge is 0.214 e. The molecular weight excluding hydrogens is 376 g/mol. The summed E-state index contributed by atoms with van der Waals surface area (Å²) in [6.07, 6.45) is 2.00. The molecule has 0 radical (unpaired) electrons. The lowest BCUT2D eigenvalue weighted by Gasteiger charge is -2.38. The molecule has 3 aromatic rings. The first-order valence-electron chi connectivity index (χ1n) is 9.32. The van der Waals surface area contributed by atoms with Gasteiger partial charge in [-0.15, -0.1) is 0 Å². The Hall–Kier alpha value is -2.92. The summed E-state index contributed by atoms with van der Waals surface area (Å²) in [6, 6.07) is 17.6. The number of benzene rings is 2. The highest BCUT2D eigenvalue weighted by Gasteiger charge is 2.42. The van der Waals surface area contributed by atoms with Crippen molar-refractivity contribution in [3.63, 3.8) is 0 Å². The molecule has 5 nitrogen and oxygen atoms in total. The van der Waals surface area contributed by atoms with Crippen molar-refractivity contribution < 1.29 is 13.9 Å². The molecule has 2 aliphatic heterocycles. The summed E-state index contributed by atoms with van der Waals surface area (Å²) < 4.78 is 17.9. The normalized spacial score (nSPS) is 20.2. The van der Waals surface area contributed by atoms with E-state index in [1.807, 2.05) is 60.5 Å². The van der Waals surface area contributed by atoms with E-state index in [0.717, 1.165) is 40.5 Å². The highest BCUT2D eigenvalue weighted by Crippen LogP contribution is 2.50. The fourth-order valence-electron chi connectivity index (χ4n) is 3.82. The standard InChI is InChI=1S/C22H19ClN2O3/c1-2-26-20-9-4-8-16-18-13-17(19-10-5-11-27-19)24-25(18)22(28-21(16)20)14-6-3-7-15(23)12-14/h3-12,18,22H,2,13H2,1H3/t18-,22-/m1/s1. The van der Waals surface area contributed by atoms with Crippen LogP contribution in [0, 0.1) is 0 Å². The maximum atomic E-state index is 6.44. The Morgan fingerprint density at radius 1 is 1.18 bits per heavy atom. The molecule has 2 aliphatic rings. The predicted octanol–water partition coefficient (Wildman–Crippen LogP) is 5.57. The molecular formula is C22H19ClN2O3. The number of ether oxygens (including phenoxy) is 2. The zero-order valence-corrected chi connectivity index (χ0v) is 16.1. The lowest BCUT2D eigenvalue weighted by molar-refractivity contribution is -0.0212. The van der Waals surface area contributed by atoms with E-state index < -0.39 is 6.23 Å². The molecule has 5 rings (SSSR count). The SMILES string of the molecule is CCOc1cccc2c1O[C@H](c1cccc(Cl)c1)N1N=C(c3ccco3)C[C@H]21. The number of hydrogen-bond donors (Lipinski definition) is 0. The van der Waals surface area contributed by atoms with Crippen molar-refractivity contribution in [2.45, 2.75) is 25.6 Å². The number of furan rings is 1. The van der Waals surface area contributed by atoms with Gasteiger partial charge in [0.2, 0.25) is 6.23 Å². The van der Waals surface area contributed by atoms with Crippen LogP contribution in [0.15, 0.2) is 70.4 Å². The molecule has 6 heteroatoms. The van der Waals surface area contributed by atoms with Crippen LogP contribution in [0.25, 0.3) is 0 Å². The molecule has 0 saturated carbocycles. The first-order valence-corrected chi connectivity index (χ1v) is 9.70. The molecule has 0 fully saturated rings. The van der Waals surface area contributed by atoms with E-state index in [1.54, 1.807) is 6.26 Å². The van der Waals surface area contributed by atoms with Gasteiger partial charge in [-0.1, -0.05) is 35.9 Å². The molecule has 0 N–H and O–H groups in total. The van der Waals surface area contributed by atoms with Crippen molar-refractivity contribution in [3.05, 3.63) is 82.8 Å². The van der Waals surface area contributed by atoms with Gasteiger partial charge in [-0.2, -0.15) is 5.10 Å². The summed E-state index contributed by atoms with van der Waals surface area (Å²) in [5.74, 6) is 2.30. The lowest BCUT2D eigenvalue weighted by atomic mass is 9.97. The van der Waals surface area contributed by atoms with E-state index in [1.165, 1.54) is 0 Å². The first kappa shape index (κ1) is 17.2. The number of nitrogens with zero attached hydrogens (tertiary/aromatic N) is 2. The monoisotopic (exact) mass is 394 g/mol. The second-order valence-corrected chi connectivity index (χ2v) is 7.19. The second kappa shape index (κ2) is 6.91. The van der Waals surface area contributed by atoms with Crippen LogP contribution in [0.4, 0.5) is 0 Å². The van der Waals surface area contributed by atoms with Crippen LogP contribution in [-0.2, 0) is 0 Å². The summed E-state index contributed by atoms with van der Waals surface area (Å²) in [5, 5.41) is 7.53. The molecule has 142 valence electrons. The largest absolute Gasteiger partial charge is 0.490 e. The molecule has 0 spiro atoms. The van der Waals surface area contributed by atoms with Gasteiger partial charge in [0.25, 0.3) is 0 Å². The molecule has 0 amide bonds. The molecule has 0 unspecified atom stereocenters. The van der Waals surface area contributed by atoms with Gasteiger partial charge in [-0.3, -0.25) is 0 Å². The van der Waals surface area contributed by atoms with E-state index in [9.17, 15) is 0 Å². The van der Waals surface area contributed by atoms with Gasteiger partial charge in [-0.05, 0) is 37.3 Å². The van der Waals surface area contributed by atoms with Crippen molar-refractivity contribution in [2.75, 3.05) is 6.61 Å². The fraction of sp³-hybridized carbons (Fsp3) is 0.227. The van der Waals surface area contributed by atoms with Gasteiger partial charge in [0.1, 0.15) is 11.5 Å². The van der Waals surface area contributed by atoms with Crippen LogP contribution in [-0.4, -0.2) is 17.3 Å². The van der Waals surface area contributed by atoms with Crippen molar-refractivity contribution in [1.29, 1.82) is 0 Å². The highest BCUT2D eigenvalue weighted by atomic mass is 35.5. The third-order valence-corrected chi connectivity index (χ3v) is 5.25. The van der Waals surface area contributed by atoms with Crippen molar-refractivity contribution in [1.82, 2.24) is 5.01 Å². The Labute approximate surface area is 168 Å². The maximum absolute atomic E-state index is 6.44. The quantitative estimate of drug-likeness (QED) is 0.580. The molecule has 0 saturated heterocycles. The first-order chi connectivity index (χ1) is 13.7. The Kier molecular flexibility index (Phi) is 4.24. The number of hydrogen-bond acceptors (Lipinski definition) is 5. The van der Waals surface area contributed by atoms with Gasteiger partial charge >= 0.3 is 0 Å². The van der Waals surface area contributed by atoms with Gasteiger partial charge < -0.3 is 13.9 Å². The Morgan fingerprint density at radius 3 is 2.86 bits per heavy atom. The Bertz CT molecular complexity index is 1030. The van der Waals surface area contributed by atoms with Crippen LogP contribution in [0.3, 0.4) is 0 Å². The van der Waals surface area contributed by atoms with Gasteiger partial charge in [0.15, 0.2) is 11.5 Å². The minimum absolute atomic E-state index is 0.0354. The molecule has 3 heterocycles. The van der Waals surface area contributed by atoms with Crippen molar-refractivity contribution in [2.24, 2.45) is 5.10 Å². The van der Waals surface area contributed by atoms with Gasteiger partial charge in [0, 0.05) is 22.6 Å². The number of para-hydroxylation sites is 1. The molecule has 0 bridgehead atoms. The molecule has 28 heavy (non-hydrogen) atoms. The average molecular weight is 395 g/mol. The number of hydrazone groups is 1. The second-order valence-electron chi connectivity index (χ2n) is 6.76. The molecule has 1 aromatic heterocycles. The summed E-state index contributed by atoms with van der Waals surface area (Å²) in [6.45, 7) is 2.54. The van der Waals surface area contributed by atoms with Gasteiger partial charge in [-0.25, -0.2) is 5.01 Å². The summed E-state index contributed by atoms with van der Waals surface area (Å²) in [7, 11) is 0. The van der Waals surface area contributed by atoms with Crippen LogP contribution >= 0.6 is 11.6 Å². The van der Waals surface area contributed by atoms with Crippen molar-refractivity contribution in [3.8, 4) is 11.5 Å². The zero-order valence-electron chi connectivity index (χ0n) is 15.3. The maximum Gasteiger partial charge on any atom is 0.214 e. The lowest BCUT2D eigenvalue weighted by Crippen LogP contribution is -2.33. The summed E-state index contributed by atoms with van der Waals surface area (Å²) in [4.78, 5) is 0. The highest BCUT2D eigenvalue weighted by molar-refractivity contribution is 6.30. The topological polar surface area (TPSA) is 47.2 Å². The number of fused-ring (bicyclic) bond motifs is 3.